The maximum atomic E-state index is 4.84. The second-order valence-corrected chi connectivity index (χ2v) is 7.77. The van der Waals surface area contributed by atoms with Gasteiger partial charge >= 0.3 is 0 Å². The van der Waals surface area contributed by atoms with Gasteiger partial charge in [0.15, 0.2) is 5.96 Å². The summed E-state index contributed by atoms with van der Waals surface area (Å²) in [7, 11) is 8.15. The molecule has 0 N–H and O–H groups in total. The Morgan fingerprint density at radius 1 is 0.786 bits per heavy atom. The highest BCUT2D eigenvalue weighted by Crippen LogP contribution is 2.18. The second kappa shape index (κ2) is 9.60. The minimum atomic E-state index is 0.714. The van der Waals surface area contributed by atoms with E-state index in [0.29, 0.717) is 6.54 Å². The molecule has 1 aliphatic heterocycles. The summed E-state index contributed by atoms with van der Waals surface area (Å²) in [6.07, 6.45) is 0. The quantitative estimate of drug-likeness (QED) is 0.589. The van der Waals surface area contributed by atoms with Gasteiger partial charge in [-0.15, -0.1) is 0 Å². The Bertz CT molecular complexity index is 752. The number of nitrogens with zero attached hydrogens (tertiary/aromatic N) is 5. The molecule has 0 radical (unpaired) electrons. The minimum Gasteiger partial charge on any atom is -0.369 e. The van der Waals surface area contributed by atoms with Crippen LogP contribution in [0.4, 0.5) is 5.69 Å². The molecule has 3 rings (SSSR count). The van der Waals surface area contributed by atoms with E-state index in [1.807, 2.05) is 28.2 Å². The van der Waals surface area contributed by atoms with Gasteiger partial charge in [-0.2, -0.15) is 0 Å². The Balaban J connectivity index is 1.62. The molecule has 1 heterocycles. The predicted octanol–water partition coefficient (Wildman–Crippen LogP) is 2.99. The lowest BCUT2D eigenvalue weighted by molar-refractivity contribution is 0.249. The van der Waals surface area contributed by atoms with Crippen molar-refractivity contribution in [2.45, 2.75) is 13.1 Å². The van der Waals surface area contributed by atoms with Crippen molar-refractivity contribution < 1.29 is 0 Å². The Morgan fingerprint density at radius 3 is 1.96 bits per heavy atom. The second-order valence-electron chi connectivity index (χ2n) is 7.77. The average molecular weight is 380 g/mol. The van der Waals surface area contributed by atoms with Gasteiger partial charge in [-0.25, -0.2) is 4.99 Å². The van der Waals surface area contributed by atoms with Crippen molar-refractivity contribution in [2.24, 2.45) is 4.99 Å². The zero-order chi connectivity index (χ0) is 19.9. The molecule has 0 bridgehead atoms. The van der Waals surface area contributed by atoms with Crippen LogP contribution in [-0.2, 0) is 13.1 Å². The van der Waals surface area contributed by atoms with Crippen LogP contribution in [0.1, 0.15) is 11.1 Å². The zero-order valence-electron chi connectivity index (χ0n) is 17.7. The smallest absolute Gasteiger partial charge is 0.195 e. The van der Waals surface area contributed by atoms with Crippen LogP contribution < -0.4 is 4.90 Å². The first-order chi connectivity index (χ1) is 13.5. The zero-order valence-corrected chi connectivity index (χ0v) is 17.7. The van der Waals surface area contributed by atoms with Crippen molar-refractivity contribution in [1.29, 1.82) is 0 Å². The van der Waals surface area contributed by atoms with E-state index in [4.69, 9.17) is 4.99 Å². The molecule has 1 aliphatic rings. The lowest BCUT2D eigenvalue weighted by Crippen LogP contribution is -2.46. The summed E-state index contributed by atoms with van der Waals surface area (Å²) in [5.41, 5.74) is 4.03. The van der Waals surface area contributed by atoms with Crippen molar-refractivity contribution in [3.8, 4) is 0 Å². The van der Waals surface area contributed by atoms with Crippen LogP contribution in [-0.4, -0.2) is 75.0 Å². The number of piperazine rings is 1. The monoisotopic (exact) mass is 379 g/mol. The maximum absolute atomic E-state index is 4.84. The largest absolute Gasteiger partial charge is 0.369 e. The van der Waals surface area contributed by atoms with E-state index in [9.17, 15) is 0 Å². The molecule has 2 aromatic rings. The SMILES string of the molecule is CN(C)C(=NCc1ccccc1CN1CCN(c2ccccc2)CC1)N(C)C. The van der Waals surface area contributed by atoms with Crippen LogP contribution in [0.2, 0.25) is 0 Å². The van der Waals surface area contributed by atoms with Gasteiger partial charge in [0.2, 0.25) is 0 Å². The van der Waals surface area contributed by atoms with E-state index in [1.54, 1.807) is 0 Å². The Labute approximate surface area is 169 Å². The maximum Gasteiger partial charge on any atom is 0.195 e. The van der Waals surface area contributed by atoms with Crippen LogP contribution >= 0.6 is 0 Å². The molecule has 28 heavy (non-hydrogen) atoms. The van der Waals surface area contributed by atoms with E-state index < -0.39 is 0 Å². The first-order valence-electron chi connectivity index (χ1n) is 10.0. The highest BCUT2D eigenvalue weighted by atomic mass is 15.3. The van der Waals surface area contributed by atoms with Crippen LogP contribution in [0.3, 0.4) is 0 Å². The molecule has 0 atom stereocenters. The van der Waals surface area contributed by atoms with E-state index in [2.05, 4.69) is 74.2 Å². The summed E-state index contributed by atoms with van der Waals surface area (Å²) in [5, 5.41) is 0. The van der Waals surface area contributed by atoms with Crippen molar-refractivity contribution in [3.05, 3.63) is 65.7 Å². The van der Waals surface area contributed by atoms with E-state index >= 15 is 0 Å². The fraction of sp³-hybridized carbons (Fsp3) is 0.435. The van der Waals surface area contributed by atoms with Crippen LogP contribution in [0.5, 0.6) is 0 Å². The fourth-order valence-corrected chi connectivity index (χ4v) is 3.75. The molecule has 5 heteroatoms. The molecule has 0 aromatic heterocycles. The lowest BCUT2D eigenvalue weighted by Gasteiger charge is -2.36. The number of benzene rings is 2. The third kappa shape index (κ3) is 5.26. The number of aliphatic imine (C=N–C) groups is 1. The summed E-state index contributed by atoms with van der Waals surface area (Å²) < 4.78 is 0. The van der Waals surface area contributed by atoms with Gasteiger partial charge in [0, 0.05) is 66.6 Å². The first-order valence-corrected chi connectivity index (χ1v) is 10.0. The van der Waals surface area contributed by atoms with Crippen LogP contribution in [0.25, 0.3) is 0 Å². The number of para-hydroxylation sites is 1. The Hall–Kier alpha value is -2.53. The average Bonchev–Trinajstić information content (AvgIpc) is 2.70. The van der Waals surface area contributed by atoms with Crippen LogP contribution in [0.15, 0.2) is 59.6 Å². The van der Waals surface area contributed by atoms with E-state index in [-0.39, 0.29) is 0 Å². The fourth-order valence-electron chi connectivity index (χ4n) is 3.75. The van der Waals surface area contributed by atoms with Crippen molar-refractivity contribution in [1.82, 2.24) is 14.7 Å². The molecule has 1 saturated heterocycles. The molecule has 0 unspecified atom stereocenters. The standard InChI is InChI=1S/C23H33N5/c1-25(2)23(26(3)4)24-18-20-10-8-9-11-21(20)19-27-14-16-28(17-15-27)22-12-6-5-7-13-22/h5-13H,14-19H2,1-4H3. The van der Waals surface area contributed by atoms with Gasteiger partial charge in [0.25, 0.3) is 0 Å². The minimum absolute atomic E-state index is 0.714. The Morgan fingerprint density at radius 2 is 1.36 bits per heavy atom. The summed E-state index contributed by atoms with van der Waals surface area (Å²) >= 11 is 0. The van der Waals surface area contributed by atoms with Gasteiger partial charge in [-0.05, 0) is 23.3 Å². The first kappa shape index (κ1) is 20.2. The van der Waals surface area contributed by atoms with E-state index in [0.717, 1.165) is 38.7 Å². The molecule has 0 amide bonds. The number of hydrogen-bond donors (Lipinski definition) is 0. The normalized spacial score (nSPS) is 14.6. The molecular weight excluding hydrogens is 346 g/mol. The molecule has 150 valence electrons. The summed E-state index contributed by atoms with van der Waals surface area (Å²) in [4.78, 5) is 14.0. The van der Waals surface area contributed by atoms with Crippen LogP contribution in [0, 0.1) is 0 Å². The Kier molecular flexibility index (Phi) is 6.93. The third-order valence-electron chi connectivity index (χ3n) is 5.20. The summed E-state index contributed by atoms with van der Waals surface area (Å²) in [6.45, 7) is 6.05. The van der Waals surface area contributed by atoms with Gasteiger partial charge in [0.1, 0.15) is 0 Å². The van der Waals surface area contributed by atoms with Gasteiger partial charge in [0.05, 0.1) is 6.54 Å². The molecule has 2 aromatic carbocycles. The van der Waals surface area contributed by atoms with E-state index in [1.165, 1.54) is 16.8 Å². The molecule has 0 saturated carbocycles. The molecule has 0 spiro atoms. The molecule has 5 nitrogen and oxygen atoms in total. The molecular formula is C23H33N5. The molecule has 1 fully saturated rings. The highest BCUT2D eigenvalue weighted by Gasteiger charge is 2.18. The topological polar surface area (TPSA) is 25.3 Å². The molecule has 0 aliphatic carbocycles. The predicted molar refractivity (Wildman–Crippen MR) is 119 cm³/mol. The number of anilines is 1. The number of rotatable bonds is 5. The van der Waals surface area contributed by atoms with Crippen molar-refractivity contribution in [2.75, 3.05) is 59.3 Å². The third-order valence-corrected chi connectivity index (χ3v) is 5.20. The van der Waals surface area contributed by atoms with Crippen molar-refractivity contribution >= 4 is 11.6 Å². The highest BCUT2D eigenvalue weighted by molar-refractivity contribution is 5.79. The van der Waals surface area contributed by atoms with Gasteiger partial charge < -0.3 is 14.7 Å². The van der Waals surface area contributed by atoms with Gasteiger partial charge in [-0.3, -0.25) is 4.90 Å². The number of hydrogen-bond acceptors (Lipinski definition) is 3. The van der Waals surface area contributed by atoms with Gasteiger partial charge in [-0.1, -0.05) is 42.5 Å². The lowest BCUT2D eigenvalue weighted by atomic mass is 10.1. The number of guanidine groups is 1. The summed E-state index contributed by atoms with van der Waals surface area (Å²) in [6, 6.07) is 19.4. The summed E-state index contributed by atoms with van der Waals surface area (Å²) in [5.74, 6) is 0.992. The van der Waals surface area contributed by atoms with Crippen molar-refractivity contribution in [3.63, 3.8) is 0 Å².